The molecule has 5 aromatic rings. The lowest BCUT2D eigenvalue weighted by molar-refractivity contribution is 1.07. The summed E-state index contributed by atoms with van der Waals surface area (Å²) in [6.45, 7) is 11.4. The highest BCUT2D eigenvalue weighted by molar-refractivity contribution is 6.96. The van der Waals surface area contributed by atoms with Gasteiger partial charge >= 0.3 is 0 Å². The van der Waals surface area contributed by atoms with Crippen LogP contribution in [0.15, 0.2) is 121 Å². The molecule has 0 saturated heterocycles. The number of aryl methyl sites for hydroxylation is 4. The van der Waals surface area contributed by atoms with E-state index in [2.05, 4.69) is 156 Å². The molecule has 0 aliphatic carbocycles. The Labute approximate surface area is 232 Å². The Morgan fingerprint density at radius 3 is 1.29 bits per heavy atom. The molecule has 0 saturated carbocycles. The molecule has 0 spiro atoms. The number of hydrogen-bond donors (Lipinski definition) is 0. The average Bonchev–Trinajstić information content (AvgIpc) is 2.89. The summed E-state index contributed by atoms with van der Waals surface area (Å²) < 4.78 is 0. The van der Waals surface area contributed by atoms with Gasteiger partial charge in [-0.1, -0.05) is 171 Å². The van der Waals surface area contributed by atoms with E-state index >= 15 is 0 Å². The molecule has 0 bridgehead atoms. The van der Waals surface area contributed by atoms with E-state index < -0.39 is 17.6 Å². The molecule has 0 aliphatic heterocycles. The third-order valence-electron chi connectivity index (χ3n) is 7.32. The first-order valence-electron chi connectivity index (χ1n) is 13.5. The molecule has 1 unspecified atom stereocenters. The SMILES string of the molecule is Cc1cc(C)cc([Si](c2cc(C)cc(C)c2)C(C)c2ccccc2[Si](c2ccccc2)c2ccccc2)c1. The van der Waals surface area contributed by atoms with Crippen molar-refractivity contribution in [2.75, 3.05) is 0 Å². The Hall–Kier alpha value is -3.47. The van der Waals surface area contributed by atoms with Gasteiger partial charge in [0.05, 0.1) is 0 Å². The number of benzene rings is 5. The minimum atomic E-state index is -1.16. The van der Waals surface area contributed by atoms with Gasteiger partial charge in [0.2, 0.25) is 0 Å². The fourth-order valence-electron chi connectivity index (χ4n) is 5.87. The van der Waals surface area contributed by atoms with Gasteiger partial charge in [0.15, 0.2) is 8.80 Å². The van der Waals surface area contributed by atoms with Gasteiger partial charge in [0.1, 0.15) is 8.80 Å². The Morgan fingerprint density at radius 2 is 0.842 bits per heavy atom. The molecular formula is C36H36Si2. The van der Waals surface area contributed by atoms with Gasteiger partial charge in [-0.15, -0.1) is 0 Å². The van der Waals surface area contributed by atoms with Crippen LogP contribution in [-0.4, -0.2) is 17.6 Å². The van der Waals surface area contributed by atoms with Crippen LogP contribution < -0.4 is 25.9 Å². The van der Waals surface area contributed by atoms with Crippen LogP contribution in [0.2, 0.25) is 0 Å². The molecule has 2 radical (unpaired) electrons. The molecule has 188 valence electrons. The minimum absolute atomic E-state index is 0.408. The lowest BCUT2D eigenvalue weighted by atomic mass is 10.1. The zero-order valence-electron chi connectivity index (χ0n) is 23.1. The molecule has 1 atom stereocenters. The number of hydrogen-bond acceptors (Lipinski definition) is 0. The van der Waals surface area contributed by atoms with Crippen LogP contribution in [-0.2, 0) is 0 Å². The largest absolute Gasteiger partial charge is 0.154 e. The van der Waals surface area contributed by atoms with Crippen LogP contribution in [0.1, 0.15) is 40.3 Å². The summed E-state index contributed by atoms with van der Waals surface area (Å²) in [6, 6.07) is 46.0. The molecule has 5 rings (SSSR count). The maximum absolute atomic E-state index is 2.48. The van der Waals surface area contributed by atoms with Crippen LogP contribution >= 0.6 is 0 Å². The highest BCUT2D eigenvalue weighted by Gasteiger charge is 2.31. The predicted octanol–water partition coefficient (Wildman–Crippen LogP) is 5.39. The lowest BCUT2D eigenvalue weighted by Crippen LogP contribution is -2.55. The summed E-state index contributed by atoms with van der Waals surface area (Å²) >= 11 is 0. The average molecular weight is 525 g/mol. The summed E-state index contributed by atoms with van der Waals surface area (Å²) in [6.07, 6.45) is 0. The second kappa shape index (κ2) is 11.5. The summed E-state index contributed by atoms with van der Waals surface area (Å²) in [5.41, 5.74) is 7.32. The van der Waals surface area contributed by atoms with Crippen molar-refractivity contribution in [2.24, 2.45) is 0 Å². The van der Waals surface area contributed by atoms with Gasteiger partial charge in [-0.25, -0.2) is 0 Å². The van der Waals surface area contributed by atoms with Gasteiger partial charge in [-0.2, -0.15) is 0 Å². The Kier molecular flexibility index (Phi) is 7.92. The summed E-state index contributed by atoms with van der Waals surface area (Å²) in [5.74, 6) is 0. The fourth-order valence-corrected chi connectivity index (χ4v) is 12.3. The topological polar surface area (TPSA) is 0 Å². The second-order valence-corrected chi connectivity index (χ2v) is 15.9. The maximum atomic E-state index is 2.48. The Bertz CT molecular complexity index is 1390. The molecule has 0 fully saturated rings. The van der Waals surface area contributed by atoms with E-state index in [4.69, 9.17) is 0 Å². The van der Waals surface area contributed by atoms with E-state index in [9.17, 15) is 0 Å². The molecule has 0 heterocycles. The van der Waals surface area contributed by atoms with Crippen LogP contribution in [0, 0.1) is 27.7 Å². The normalized spacial score (nSPS) is 12.2. The lowest BCUT2D eigenvalue weighted by Gasteiger charge is -2.29. The molecule has 2 heteroatoms. The van der Waals surface area contributed by atoms with Crippen LogP contribution in [0.5, 0.6) is 0 Å². The van der Waals surface area contributed by atoms with Crippen molar-refractivity contribution in [1.29, 1.82) is 0 Å². The maximum Gasteiger partial charge on any atom is 0.154 e. The Balaban J connectivity index is 1.71. The monoisotopic (exact) mass is 524 g/mol. The standard InChI is InChI=1S/C36H36Si2/c1-26-20-27(2)23-33(22-26)37(34-24-28(3)21-29(4)25-34)30(5)35-18-12-13-19-36(35)38(31-14-8-6-9-15-31)32-16-10-7-11-17-32/h6-25,30H,1-5H3. The smallest absolute Gasteiger partial charge is 0.0624 e. The zero-order chi connectivity index (χ0) is 26.6. The van der Waals surface area contributed by atoms with E-state index in [0.717, 1.165) is 0 Å². The fraction of sp³-hybridized carbons (Fsp3) is 0.167. The molecule has 0 nitrogen and oxygen atoms in total. The summed E-state index contributed by atoms with van der Waals surface area (Å²) in [7, 11) is -2.28. The third-order valence-corrected chi connectivity index (χ3v) is 13.1. The van der Waals surface area contributed by atoms with Gasteiger partial charge in [-0.05, 0) is 44.0 Å². The van der Waals surface area contributed by atoms with Gasteiger partial charge in [0.25, 0.3) is 0 Å². The highest BCUT2D eigenvalue weighted by Crippen LogP contribution is 2.20. The van der Waals surface area contributed by atoms with Gasteiger partial charge in [0, 0.05) is 0 Å². The molecule has 0 amide bonds. The van der Waals surface area contributed by atoms with Crippen LogP contribution in [0.3, 0.4) is 0 Å². The van der Waals surface area contributed by atoms with Crippen molar-refractivity contribution in [2.45, 2.75) is 40.2 Å². The van der Waals surface area contributed by atoms with E-state index in [-0.39, 0.29) is 0 Å². The molecule has 0 N–H and O–H groups in total. The van der Waals surface area contributed by atoms with Crippen molar-refractivity contribution in [3.8, 4) is 0 Å². The summed E-state index contributed by atoms with van der Waals surface area (Å²) in [4.78, 5) is 0. The molecule has 38 heavy (non-hydrogen) atoms. The minimum Gasteiger partial charge on any atom is -0.0624 e. The predicted molar refractivity (Wildman–Crippen MR) is 169 cm³/mol. The van der Waals surface area contributed by atoms with Crippen molar-refractivity contribution >= 4 is 43.5 Å². The quantitative estimate of drug-likeness (QED) is 0.198. The van der Waals surface area contributed by atoms with E-state index in [1.807, 2.05) is 0 Å². The van der Waals surface area contributed by atoms with E-state index in [1.165, 1.54) is 53.8 Å². The first-order chi connectivity index (χ1) is 18.4. The van der Waals surface area contributed by atoms with E-state index in [1.54, 1.807) is 0 Å². The molecule has 5 aromatic carbocycles. The van der Waals surface area contributed by atoms with Crippen molar-refractivity contribution < 1.29 is 0 Å². The molecule has 0 aliphatic rings. The van der Waals surface area contributed by atoms with Crippen LogP contribution in [0.25, 0.3) is 0 Å². The highest BCUT2D eigenvalue weighted by atomic mass is 28.3. The second-order valence-electron chi connectivity index (χ2n) is 10.6. The molecule has 0 aromatic heterocycles. The Morgan fingerprint density at radius 1 is 0.447 bits per heavy atom. The number of rotatable bonds is 7. The van der Waals surface area contributed by atoms with Crippen molar-refractivity contribution in [3.63, 3.8) is 0 Å². The van der Waals surface area contributed by atoms with Gasteiger partial charge in [-0.3, -0.25) is 0 Å². The van der Waals surface area contributed by atoms with E-state index in [0.29, 0.717) is 5.54 Å². The van der Waals surface area contributed by atoms with Crippen LogP contribution in [0.4, 0.5) is 0 Å². The van der Waals surface area contributed by atoms with Crippen molar-refractivity contribution in [3.05, 3.63) is 149 Å². The zero-order valence-corrected chi connectivity index (χ0v) is 25.1. The molecular weight excluding hydrogens is 489 g/mol. The van der Waals surface area contributed by atoms with Crippen molar-refractivity contribution in [1.82, 2.24) is 0 Å². The first-order valence-corrected chi connectivity index (χ1v) is 16.6. The summed E-state index contributed by atoms with van der Waals surface area (Å²) in [5, 5.41) is 7.41. The van der Waals surface area contributed by atoms with Gasteiger partial charge < -0.3 is 0 Å². The first kappa shape index (κ1) is 26.2. The third kappa shape index (κ3) is 5.67.